The molecule has 4 heteroatoms. The molecule has 1 heterocycles. The maximum atomic E-state index is 11.6. The maximum Gasteiger partial charge on any atom is 0.239 e. The number of nitrogens with zero attached hydrogens (tertiary/aromatic N) is 1. The normalized spacial score (nSPS) is 22.8. The van der Waals surface area contributed by atoms with Gasteiger partial charge in [0.15, 0.2) is 0 Å². The van der Waals surface area contributed by atoms with Crippen LogP contribution in [0.1, 0.15) is 34.1 Å². The number of amides is 1. The molecule has 0 aromatic rings. The summed E-state index contributed by atoms with van der Waals surface area (Å²) in [4.78, 5) is 14.0. The molecule has 1 saturated heterocycles. The van der Waals surface area contributed by atoms with Gasteiger partial charge in [-0.25, -0.2) is 0 Å². The summed E-state index contributed by atoms with van der Waals surface area (Å²) in [5.41, 5.74) is 4.95. The van der Waals surface area contributed by atoms with Gasteiger partial charge in [-0.15, -0.1) is 0 Å². The third-order valence-electron chi connectivity index (χ3n) is 3.18. The third kappa shape index (κ3) is 3.76. The van der Waals surface area contributed by atoms with E-state index in [1.165, 1.54) is 6.42 Å². The van der Waals surface area contributed by atoms with Gasteiger partial charge in [-0.2, -0.15) is 0 Å². The monoisotopic (exact) mass is 227 g/mol. The predicted molar refractivity (Wildman–Crippen MR) is 66.1 cm³/mol. The van der Waals surface area contributed by atoms with E-state index in [1.54, 1.807) is 13.8 Å². The summed E-state index contributed by atoms with van der Waals surface area (Å²) in [6.07, 6.45) is 1.17. The summed E-state index contributed by atoms with van der Waals surface area (Å²) in [5, 5.41) is 2.93. The average molecular weight is 227 g/mol. The van der Waals surface area contributed by atoms with Gasteiger partial charge >= 0.3 is 0 Å². The lowest BCUT2D eigenvalue weighted by Gasteiger charge is -2.22. The molecule has 1 aliphatic heterocycles. The molecule has 4 nitrogen and oxygen atoms in total. The first kappa shape index (κ1) is 13.5. The number of nitrogens with two attached hydrogens (primary N) is 1. The van der Waals surface area contributed by atoms with Crippen molar-refractivity contribution in [2.24, 2.45) is 11.7 Å². The van der Waals surface area contributed by atoms with Crippen LogP contribution in [0.2, 0.25) is 0 Å². The van der Waals surface area contributed by atoms with Crippen molar-refractivity contribution in [2.45, 2.75) is 45.7 Å². The Morgan fingerprint density at radius 2 is 2.19 bits per heavy atom. The third-order valence-corrected chi connectivity index (χ3v) is 3.18. The zero-order valence-corrected chi connectivity index (χ0v) is 10.9. The molecule has 0 aromatic heterocycles. The summed E-state index contributed by atoms with van der Waals surface area (Å²) in [7, 11) is 0. The smallest absolute Gasteiger partial charge is 0.239 e. The Kier molecular flexibility index (Phi) is 4.33. The van der Waals surface area contributed by atoms with E-state index < -0.39 is 5.54 Å². The highest BCUT2D eigenvalue weighted by Gasteiger charge is 2.26. The van der Waals surface area contributed by atoms with E-state index in [-0.39, 0.29) is 5.91 Å². The van der Waals surface area contributed by atoms with Crippen molar-refractivity contribution in [1.82, 2.24) is 10.2 Å². The van der Waals surface area contributed by atoms with E-state index >= 15 is 0 Å². The van der Waals surface area contributed by atoms with Crippen LogP contribution in [-0.2, 0) is 4.79 Å². The second kappa shape index (κ2) is 5.15. The molecule has 0 aliphatic carbocycles. The topological polar surface area (TPSA) is 58.4 Å². The molecule has 94 valence electrons. The van der Waals surface area contributed by atoms with Crippen molar-refractivity contribution in [1.29, 1.82) is 0 Å². The molecule has 16 heavy (non-hydrogen) atoms. The van der Waals surface area contributed by atoms with Crippen LogP contribution in [0.25, 0.3) is 0 Å². The van der Waals surface area contributed by atoms with Gasteiger partial charge in [0.05, 0.1) is 5.54 Å². The number of carbonyl (C=O) groups excluding carboxylic acids is 1. The SMILES string of the molecule is CC(C)N1CCC(CNC(=O)C(C)(C)N)C1. The molecule has 1 fully saturated rings. The molecule has 0 aromatic carbocycles. The average Bonchev–Trinajstić information content (AvgIpc) is 2.60. The fourth-order valence-corrected chi connectivity index (χ4v) is 1.96. The Balaban J connectivity index is 2.28. The van der Waals surface area contributed by atoms with E-state index in [2.05, 4.69) is 24.1 Å². The van der Waals surface area contributed by atoms with E-state index in [0.29, 0.717) is 12.0 Å². The van der Waals surface area contributed by atoms with Crippen LogP contribution >= 0.6 is 0 Å². The zero-order valence-electron chi connectivity index (χ0n) is 10.9. The number of hydrogen-bond acceptors (Lipinski definition) is 3. The van der Waals surface area contributed by atoms with E-state index in [9.17, 15) is 4.79 Å². The van der Waals surface area contributed by atoms with Gasteiger partial charge in [0.25, 0.3) is 0 Å². The van der Waals surface area contributed by atoms with Gasteiger partial charge < -0.3 is 16.0 Å². The summed E-state index contributed by atoms with van der Waals surface area (Å²) in [6.45, 7) is 10.9. The Bertz CT molecular complexity index is 245. The molecular formula is C12H25N3O. The highest BCUT2D eigenvalue weighted by molar-refractivity contribution is 5.84. The first-order chi connectivity index (χ1) is 7.30. The van der Waals surface area contributed by atoms with E-state index in [4.69, 9.17) is 5.73 Å². The summed E-state index contributed by atoms with van der Waals surface area (Å²) < 4.78 is 0. The molecular weight excluding hydrogens is 202 g/mol. The quantitative estimate of drug-likeness (QED) is 0.738. The molecule has 1 atom stereocenters. The van der Waals surface area contributed by atoms with Crippen molar-refractivity contribution < 1.29 is 4.79 Å². The summed E-state index contributed by atoms with van der Waals surface area (Å²) >= 11 is 0. The number of hydrogen-bond donors (Lipinski definition) is 2. The summed E-state index contributed by atoms with van der Waals surface area (Å²) in [5.74, 6) is 0.518. The predicted octanol–water partition coefficient (Wildman–Crippen LogP) is 0.570. The van der Waals surface area contributed by atoms with Crippen molar-refractivity contribution in [3.8, 4) is 0 Å². The van der Waals surface area contributed by atoms with Gasteiger partial charge in [-0.05, 0) is 46.6 Å². The number of likely N-dealkylation sites (tertiary alicyclic amines) is 1. The molecule has 1 rings (SSSR count). The van der Waals surface area contributed by atoms with Crippen molar-refractivity contribution in [3.63, 3.8) is 0 Å². The van der Waals surface area contributed by atoms with Crippen LogP contribution in [-0.4, -0.2) is 42.0 Å². The lowest BCUT2D eigenvalue weighted by molar-refractivity contribution is -0.125. The molecule has 0 saturated carbocycles. The van der Waals surface area contributed by atoms with E-state index in [1.807, 2.05) is 0 Å². The zero-order chi connectivity index (χ0) is 12.3. The Hall–Kier alpha value is -0.610. The van der Waals surface area contributed by atoms with Gasteiger partial charge in [-0.1, -0.05) is 0 Å². The maximum absolute atomic E-state index is 11.6. The second-order valence-electron chi connectivity index (χ2n) is 5.68. The fraction of sp³-hybridized carbons (Fsp3) is 0.917. The second-order valence-corrected chi connectivity index (χ2v) is 5.68. The summed E-state index contributed by atoms with van der Waals surface area (Å²) in [6, 6.07) is 0.603. The first-order valence-corrected chi connectivity index (χ1v) is 6.12. The van der Waals surface area contributed by atoms with Crippen LogP contribution < -0.4 is 11.1 Å². The van der Waals surface area contributed by atoms with Crippen molar-refractivity contribution in [2.75, 3.05) is 19.6 Å². The number of carbonyl (C=O) groups is 1. The minimum Gasteiger partial charge on any atom is -0.354 e. The molecule has 1 amide bonds. The van der Waals surface area contributed by atoms with Gasteiger partial charge in [-0.3, -0.25) is 4.79 Å². The highest BCUT2D eigenvalue weighted by Crippen LogP contribution is 2.17. The minimum atomic E-state index is -0.768. The van der Waals surface area contributed by atoms with Crippen molar-refractivity contribution in [3.05, 3.63) is 0 Å². The Morgan fingerprint density at radius 3 is 2.62 bits per heavy atom. The van der Waals surface area contributed by atoms with Crippen LogP contribution in [0.3, 0.4) is 0 Å². The Labute approximate surface area is 98.6 Å². The lowest BCUT2D eigenvalue weighted by atomic mass is 10.1. The van der Waals surface area contributed by atoms with Gasteiger partial charge in [0.1, 0.15) is 0 Å². The number of nitrogens with one attached hydrogen (secondary N) is 1. The Morgan fingerprint density at radius 1 is 1.56 bits per heavy atom. The molecule has 0 bridgehead atoms. The highest BCUT2D eigenvalue weighted by atomic mass is 16.2. The van der Waals surface area contributed by atoms with Crippen LogP contribution in [0.4, 0.5) is 0 Å². The van der Waals surface area contributed by atoms with Crippen LogP contribution in [0, 0.1) is 5.92 Å². The lowest BCUT2D eigenvalue weighted by Crippen LogP contribution is -2.50. The first-order valence-electron chi connectivity index (χ1n) is 6.12. The molecule has 0 radical (unpaired) electrons. The standard InChI is InChI=1S/C12H25N3O/c1-9(2)15-6-5-10(8-15)7-14-11(16)12(3,4)13/h9-10H,5-8,13H2,1-4H3,(H,14,16). The van der Waals surface area contributed by atoms with Crippen LogP contribution in [0.15, 0.2) is 0 Å². The number of rotatable bonds is 4. The molecule has 3 N–H and O–H groups in total. The van der Waals surface area contributed by atoms with Gasteiger partial charge in [0.2, 0.25) is 5.91 Å². The van der Waals surface area contributed by atoms with Crippen molar-refractivity contribution >= 4 is 5.91 Å². The minimum absolute atomic E-state index is 0.0597. The van der Waals surface area contributed by atoms with Gasteiger partial charge in [0, 0.05) is 19.1 Å². The van der Waals surface area contributed by atoms with Crippen LogP contribution in [0.5, 0.6) is 0 Å². The molecule has 1 aliphatic rings. The molecule has 1 unspecified atom stereocenters. The largest absolute Gasteiger partial charge is 0.354 e. The van der Waals surface area contributed by atoms with E-state index in [0.717, 1.165) is 19.6 Å². The fourth-order valence-electron chi connectivity index (χ4n) is 1.96. The molecule has 0 spiro atoms.